The summed E-state index contributed by atoms with van der Waals surface area (Å²) >= 11 is 5.91. The summed E-state index contributed by atoms with van der Waals surface area (Å²) in [6, 6.07) is 3.37. The molecule has 10 heteroatoms. The van der Waals surface area contributed by atoms with Crippen LogP contribution < -0.4 is 16.0 Å². The number of hydrogen-bond donors (Lipinski definition) is 2. The van der Waals surface area contributed by atoms with Gasteiger partial charge in [-0.25, -0.2) is 4.98 Å². The third-order valence-corrected chi connectivity index (χ3v) is 3.85. The number of anilines is 3. The second kappa shape index (κ2) is 7.02. The lowest BCUT2D eigenvalue weighted by Gasteiger charge is -2.34. The average molecular weight is 352 g/mol. The number of nitrogen functional groups attached to an aromatic ring is 1. The molecule has 24 heavy (non-hydrogen) atoms. The van der Waals surface area contributed by atoms with Crippen molar-refractivity contribution < 1.29 is 9.32 Å². The van der Waals surface area contributed by atoms with Crippen LogP contribution in [0.25, 0.3) is 0 Å². The Balaban J connectivity index is 1.50. The number of aromatic nitrogens is 3. The molecular formula is C14H18ClN7O2. The van der Waals surface area contributed by atoms with Crippen LogP contribution in [0.4, 0.5) is 17.6 Å². The molecule has 9 nitrogen and oxygen atoms in total. The van der Waals surface area contributed by atoms with Crippen molar-refractivity contribution in [2.45, 2.75) is 6.92 Å². The van der Waals surface area contributed by atoms with E-state index in [2.05, 4.69) is 30.2 Å². The van der Waals surface area contributed by atoms with E-state index < -0.39 is 0 Å². The number of hydrogen-bond acceptors (Lipinski definition) is 8. The molecule has 0 unspecified atom stereocenters. The highest BCUT2D eigenvalue weighted by molar-refractivity contribution is 6.29. The molecule has 0 aliphatic carbocycles. The van der Waals surface area contributed by atoms with Crippen molar-refractivity contribution in [3.8, 4) is 0 Å². The number of amides is 1. The van der Waals surface area contributed by atoms with Gasteiger partial charge in [0.2, 0.25) is 11.9 Å². The largest absolute Gasteiger partial charge is 0.368 e. The lowest BCUT2D eigenvalue weighted by Crippen LogP contribution is -2.49. The summed E-state index contributed by atoms with van der Waals surface area (Å²) in [4.78, 5) is 24.2. The zero-order chi connectivity index (χ0) is 17.1. The Labute approximate surface area is 143 Å². The molecule has 1 fully saturated rings. The standard InChI is InChI=1S/C14H18ClN7O2/c1-9-6-11(20-24-9)18-13(23)8-21-2-4-22(5-3-21)12-7-10(15)17-14(16)19-12/h6-7H,2-5,8H2,1H3,(H2,16,17,19)(H,18,20,23). The van der Waals surface area contributed by atoms with Crippen LogP contribution >= 0.6 is 11.6 Å². The van der Waals surface area contributed by atoms with Crippen molar-refractivity contribution >= 4 is 35.1 Å². The molecule has 0 spiro atoms. The third kappa shape index (κ3) is 4.12. The number of nitrogens with two attached hydrogens (primary N) is 1. The minimum atomic E-state index is -0.119. The van der Waals surface area contributed by atoms with E-state index in [0.29, 0.717) is 29.1 Å². The molecule has 0 aromatic carbocycles. The number of aryl methyl sites for hydroxylation is 1. The fourth-order valence-corrected chi connectivity index (χ4v) is 2.71. The van der Waals surface area contributed by atoms with Crippen molar-refractivity contribution in [1.82, 2.24) is 20.0 Å². The average Bonchev–Trinajstić information content (AvgIpc) is 2.92. The van der Waals surface area contributed by atoms with Gasteiger partial charge in [0.05, 0.1) is 6.54 Å². The Morgan fingerprint density at radius 3 is 2.71 bits per heavy atom. The number of carbonyl (C=O) groups is 1. The molecule has 2 aromatic rings. The van der Waals surface area contributed by atoms with Crippen LogP contribution in [0.1, 0.15) is 5.76 Å². The van der Waals surface area contributed by atoms with Gasteiger partial charge in [0, 0.05) is 38.3 Å². The highest BCUT2D eigenvalue weighted by Gasteiger charge is 2.21. The molecule has 3 rings (SSSR count). The summed E-state index contributed by atoms with van der Waals surface area (Å²) in [6.07, 6.45) is 0. The first-order valence-corrected chi connectivity index (χ1v) is 7.88. The molecule has 3 heterocycles. The topological polar surface area (TPSA) is 113 Å². The van der Waals surface area contributed by atoms with Gasteiger partial charge in [0.1, 0.15) is 16.7 Å². The molecule has 0 saturated carbocycles. The number of rotatable bonds is 4. The number of piperazine rings is 1. The van der Waals surface area contributed by atoms with Crippen LogP contribution in [0.15, 0.2) is 16.7 Å². The predicted molar refractivity (Wildman–Crippen MR) is 90.0 cm³/mol. The molecule has 1 aliphatic rings. The number of nitrogens with zero attached hydrogens (tertiary/aromatic N) is 5. The van der Waals surface area contributed by atoms with E-state index in [1.54, 1.807) is 19.1 Å². The van der Waals surface area contributed by atoms with Crippen molar-refractivity contribution in [3.63, 3.8) is 0 Å². The first-order valence-electron chi connectivity index (χ1n) is 7.50. The maximum atomic E-state index is 12.0. The van der Waals surface area contributed by atoms with Crippen molar-refractivity contribution in [2.75, 3.05) is 48.7 Å². The lowest BCUT2D eigenvalue weighted by atomic mass is 10.3. The van der Waals surface area contributed by atoms with Gasteiger partial charge >= 0.3 is 0 Å². The van der Waals surface area contributed by atoms with Crippen LogP contribution in [-0.4, -0.2) is 58.7 Å². The number of nitrogens with one attached hydrogen (secondary N) is 1. The Kier molecular flexibility index (Phi) is 4.81. The summed E-state index contributed by atoms with van der Waals surface area (Å²) in [5.41, 5.74) is 5.62. The molecule has 0 atom stereocenters. The van der Waals surface area contributed by atoms with Crippen LogP contribution in [0, 0.1) is 6.92 Å². The maximum absolute atomic E-state index is 12.0. The summed E-state index contributed by atoms with van der Waals surface area (Å²) in [7, 11) is 0. The molecule has 1 amide bonds. The summed E-state index contributed by atoms with van der Waals surface area (Å²) in [6.45, 7) is 4.98. The van der Waals surface area contributed by atoms with Crippen LogP contribution in [0.3, 0.4) is 0 Å². The maximum Gasteiger partial charge on any atom is 0.239 e. The van der Waals surface area contributed by atoms with Gasteiger partial charge in [-0.15, -0.1) is 0 Å². The Morgan fingerprint density at radius 2 is 2.08 bits per heavy atom. The summed E-state index contributed by atoms with van der Waals surface area (Å²) < 4.78 is 4.92. The van der Waals surface area contributed by atoms with Crippen molar-refractivity contribution in [2.24, 2.45) is 0 Å². The normalized spacial score (nSPS) is 15.5. The minimum Gasteiger partial charge on any atom is -0.368 e. The zero-order valence-electron chi connectivity index (χ0n) is 13.2. The molecule has 1 aliphatic heterocycles. The highest BCUT2D eigenvalue weighted by atomic mass is 35.5. The zero-order valence-corrected chi connectivity index (χ0v) is 14.0. The number of halogens is 1. The van der Waals surface area contributed by atoms with Gasteiger partial charge in [-0.3, -0.25) is 9.69 Å². The van der Waals surface area contributed by atoms with Gasteiger partial charge in [-0.05, 0) is 6.92 Å². The van der Waals surface area contributed by atoms with E-state index in [1.165, 1.54) is 0 Å². The quantitative estimate of drug-likeness (QED) is 0.776. The molecule has 3 N–H and O–H groups in total. The van der Waals surface area contributed by atoms with Crippen molar-refractivity contribution in [3.05, 3.63) is 23.0 Å². The van der Waals surface area contributed by atoms with E-state index in [-0.39, 0.29) is 11.9 Å². The lowest BCUT2D eigenvalue weighted by molar-refractivity contribution is -0.117. The SMILES string of the molecule is Cc1cc(NC(=O)CN2CCN(c3cc(Cl)nc(N)n3)CC2)no1. The van der Waals surface area contributed by atoms with Crippen LogP contribution in [-0.2, 0) is 4.79 Å². The summed E-state index contributed by atoms with van der Waals surface area (Å²) in [5.74, 6) is 1.83. The van der Waals surface area contributed by atoms with E-state index in [9.17, 15) is 4.79 Å². The van der Waals surface area contributed by atoms with Crippen LogP contribution in [0.2, 0.25) is 5.15 Å². The third-order valence-electron chi connectivity index (χ3n) is 3.66. The predicted octanol–water partition coefficient (Wildman–Crippen LogP) is 0.769. The van der Waals surface area contributed by atoms with Crippen molar-refractivity contribution in [1.29, 1.82) is 0 Å². The van der Waals surface area contributed by atoms with E-state index in [4.69, 9.17) is 21.9 Å². The second-order valence-corrected chi connectivity index (χ2v) is 5.93. The van der Waals surface area contributed by atoms with Gasteiger partial charge in [0.15, 0.2) is 5.82 Å². The molecule has 2 aromatic heterocycles. The summed E-state index contributed by atoms with van der Waals surface area (Å²) in [5, 5.41) is 6.78. The van der Waals surface area contributed by atoms with E-state index >= 15 is 0 Å². The fourth-order valence-electron chi connectivity index (χ4n) is 2.53. The van der Waals surface area contributed by atoms with Gasteiger partial charge in [-0.1, -0.05) is 16.8 Å². The highest BCUT2D eigenvalue weighted by Crippen LogP contribution is 2.18. The Morgan fingerprint density at radius 1 is 1.33 bits per heavy atom. The Bertz CT molecular complexity index is 707. The minimum absolute atomic E-state index is 0.119. The number of carbonyl (C=O) groups excluding carboxylic acids is 1. The monoisotopic (exact) mass is 351 g/mol. The smallest absolute Gasteiger partial charge is 0.239 e. The first-order chi connectivity index (χ1) is 11.5. The van der Waals surface area contributed by atoms with Gasteiger partial charge in [-0.2, -0.15) is 4.98 Å². The molecule has 1 saturated heterocycles. The molecular weight excluding hydrogens is 334 g/mol. The molecule has 0 radical (unpaired) electrons. The second-order valence-electron chi connectivity index (χ2n) is 5.54. The first kappa shape index (κ1) is 16.5. The fraction of sp³-hybridized carbons (Fsp3) is 0.429. The van der Waals surface area contributed by atoms with E-state index in [0.717, 1.165) is 26.2 Å². The molecule has 0 bridgehead atoms. The van der Waals surface area contributed by atoms with E-state index in [1.807, 2.05) is 0 Å². The Hall–Kier alpha value is -2.39. The van der Waals surface area contributed by atoms with Gasteiger partial charge in [0.25, 0.3) is 0 Å². The van der Waals surface area contributed by atoms with Gasteiger partial charge < -0.3 is 20.5 Å². The molecule has 128 valence electrons. The van der Waals surface area contributed by atoms with Crippen LogP contribution in [0.5, 0.6) is 0 Å².